The van der Waals surface area contributed by atoms with Crippen LogP contribution in [0.25, 0.3) is 0 Å². The molecule has 1 aromatic carbocycles. The van der Waals surface area contributed by atoms with Crippen LogP contribution in [0.15, 0.2) is 47.1 Å². The smallest absolute Gasteiger partial charge is 0.317 e. The molecule has 0 N–H and O–H groups in total. The lowest BCUT2D eigenvalue weighted by Crippen LogP contribution is -2.27. The Morgan fingerprint density at radius 3 is 2.52 bits per heavy atom. The summed E-state index contributed by atoms with van der Waals surface area (Å²) in [5, 5.41) is 0. The highest BCUT2D eigenvalue weighted by Gasteiger charge is 2.31. The predicted octanol–water partition coefficient (Wildman–Crippen LogP) is 2.50. The first-order valence-corrected chi connectivity index (χ1v) is 6.44. The van der Waals surface area contributed by atoms with E-state index in [1.54, 1.807) is 19.2 Å². The highest BCUT2D eigenvalue weighted by atomic mass is 16.5. The largest absolute Gasteiger partial charge is 0.496 e. The van der Waals surface area contributed by atoms with Crippen molar-refractivity contribution < 1.29 is 23.5 Å². The number of ether oxygens (including phenoxy) is 2. The molecule has 5 heteroatoms. The van der Waals surface area contributed by atoms with Crippen LogP contribution in [0, 0.1) is 5.92 Å². The molecule has 2 rings (SSSR count). The van der Waals surface area contributed by atoms with E-state index in [2.05, 4.69) is 0 Å². The fraction of sp³-hybridized carbons (Fsp3) is 0.250. The summed E-state index contributed by atoms with van der Waals surface area (Å²) in [6, 6.07) is 10.4. The molecule has 110 valence electrons. The zero-order valence-electron chi connectivity index (χ0n) is 11.9. The molecule has 0 aliphatic rings. The number of hydrogen-bond donors (Lipinski definition) is 0. The van der Waals surface area contributed by atoms with Gasteiger partial charge < -0.3 is 13.9 Å². The summed E-state index contributed by atoms with van der Waals surface area (Å²) in [5.41, 5.74) is 0.760. The van der Waals surface area contributed by atoms with Gasteiger partial charge in [-0.1, -0.05) is 18.2 Å². The van der Waals surface area contributed by atoms with Crippen LogP contribution >= 0.6 is 0 Å². The van der Waals surface area contributed by atoms with Crippen LogP contribution in [0.4, 0.5) is 0 Å². The molecule has 0 spiro atoms. The fourth-order valence-electron chi connectivity index (χ4n) is 2.11. The first-order chi connectivity index (χ1) is 10.2. The van der Waals surface area contributed by atoms with Crippen molar-refractivity contribution in [2.45, 2.75) is 6.42 Å². The third-order valence-corrected chi connectivity index (χ3v) is 3.18. The molecule has 1 heterocycles. The summed E-state index contributed by atoms with van der Waals surface area (Å²) in [6.45, 7) is 0. The first kappa shape index (κ1) is 14.8. The highest BCUT2D eigenvalue weighted by Crippen LogP contribution is 2.23. The average molecular weight is 288 g/mol. The molecular formula is C16H16O5. The van der Waals surface area contributed by atoms with Crippen molar-refractivity contribution in [3.63, 3.8) is 0 Å². The number of benzene rings is 1. The van der Waals surface area contributed by atoms with Crippen LogP contribution in [-0.2, 0) is 16.0 Å². The summed E-state index contributed by atoms with van der Waals surface area (Å²) in [5.74, 6) is -1.20. The van der Waals surface area contributed by atoms with Gasteiger partial charge >= 0.3 is 5.97 Å². The van der Waals surface area contributed by atoms with E-state index in [0.717, 1.165) is 5.56 Å². The molecular weight excluding hydrogens is 272 g/mol. The lowest BCUT2D eigenvalue weighted by Gasteiger charge is -2.14. The molecule has 0 fully saturated rings. The van der Waals surface area contributed by atoms with Gasteiger partial charge in [0.25, 0.3) is 0 Å². The van der Waals surface area contributed by atoms with E-state index in [4.69, 9.17) is 13.9 Å². The topological polar surface area (TPSA) is 65.7 Å². The number of methoxy groups -OCH3 is 2. The molecule has 2 aromatic rings. The summed E-state index contributed by atoms with van der Waals surface area (Å²) >= 11 is 0. The van der Waals surface area contributed by atoms with Crippen LogP contribution in [-0.4, -0.2) is 26.0 Å². The zero-order chi connectivity index (χ0) is 15.2. The van der Waals surface area contributed by atoms with E-state index in [1.807, 2.05) is 18.2 Å². The van der Waals surface area contributed by atoms with E-state index in [-0.39, 0.29) is 12.2 Å². The van der Waals surface area contributed by atoms with E-state index in [9.17, 15) is 9.59 Å². The van der Waals surface area contributed by atoms with Gasteiger partial charge in [0.1, 0.15) is 11.7 Å². The van der Waals surface area contributed by atoms with Crippen LogP contribution in [0.2, 0.25) is 0 Å². The third-order valence-electron chi connectivity index (χ3n) is 3.18. The van der Waals surface area contributed by atoms with Crippen molar-refractivity contribution in [3.8, 4) is 5.75 Å². The van der Waals surface area contributed by atoms with Crippen LogP contribution in [0.5, 0.6) is 5.75 Å². The van der Waals surface area contributed by atoms with Crippen molar-refractivity contribution in [1.82, 2.24) is 0 Å². The Labute approximate surface area is 122 Å². The van der Waals surface area contributed by atoms with E-state index in [0.29, 0.717) is 5.75 Å². The molecule has 1 atom stereocenters. The van der Waals surface area contributed by atoms with Crippen molar-refractivity contribution in [1.29, 1.82) is 0 Å². The van der Waals surface area contributed by atoms with Crippen molar-refractivity contribution in [2.75, 3.05) is 14.2 Å². The number of ketones is 1. The second-order valence-electron chi connectivity index (χ2n) is 4.43. The molecule has 21 heavy (non-hydrogen) atoms. The number of carbonyl (C=O) groups excluding carboxylic acids is 2. The normalized spacial score (nSPS) is 11.7. The predicted molar refractivity (Wildman–Crippen MR) is 75.2 cm³/mol. The summed E-state index contributed by atoms with van der Waals surface area (Å²) in [7, 11) is 2.80. The second-order valence-corrected chi connectivity index (χ2v) is 4.43. The van der Waals surface area contributed by atoms with Gasteiger partial charge in [-0.05, 0) is 30.2 Å². The molecule has 0 saturated carbocycles. The Kier molecular flexibility index (Phi) is 4.77. The minimum absolute atomic E-state index is 0.139. The number of rotatable bonds is 6. The number of para-hydroxylation sites is 1. The summed E-state index contributed by atoms with van der Waals surface area (Å²) in [6.07, 6.45) is 1.58. The van der Waals surface area contributed by atoms with Crippen molar-refractivity contribution in [2.24, 2.45) is 5.92 Å². The molecule has 0 bridgehead atoms. The standard InChI is InChI=1S/C16H16O5/c1-19-13-7-4-3-6-11(13)10-12(16(18)20-2)15(17)14-8-5-9-21-14/h3-9,12H,10H2,1-2H3. The minimum Gasteiger partial charge on any atom is -0.496 e. The number of carbonyl (C=O) groups is 2. The number of hydrogen-bond acceptors (Lipinski definition) is 5. The zero-order valence-corrected chi connectivity index (χ0v) is 11.9. The van der Waals surface area contributed by atoms with Gasteiger partial charge in [0.05, 0.1) is 20.5 Å². The summed E-state index contributed by atoms with van der Waals surface area (Å²) in [4.78, 5) is 24.3. The van der Waals surface area contributed by atoms with Gasteiger partial charge in [0.2, 0.25) is 5.78 Å². The number of furan rings is 1. The number of esters is 1. The van der Waals surface area contributed by atoms with E-state index < -0.39 is 17.7 Å². The Morgan fingerprint density at radius 2 is 1.90 bits per heavy atom. The second kappa shape index (κ2) is 6.74. The molecule has 1 unspecified atom stereocenters. The fourth-order valence-corrected chi connectivity index (χ4v) is 2.11. The molecule has 0 saturated heterocycles. The van der Waals surface area contributed by atoms with E-state index in [1.165, 1.54) is 19.4 Å². The van der Waals surface area contributed by atoms with Gasteiger partial charge in [-0.2, -0.15) is 0 Å². The molecule has 1 aromatic heterocycles. The van der Waals surface area contributed by atoms with Crippen molar-refractivity contribution >= 4 is 11.8 Å². The van der Waals surface area contributed by atoms with E-state index >= 15 is 0 Å². The summed E-state index contributed by atoms with van der Waals surface area (Å²) < 4.78 is 15.1. The third kappa shape index (κ3) is 3.31. The lowest BCUT2D eigenvalue weighted by atomic mass is 9.93. The number of Topliss-reactive ketones (excluding diaryl/α,β-unsaturated/α-hetero) is 1. The van der Waals surface area contributed by atoms with Crippen LogP contribution < -0.4 is 4.74 Å². The Hall–Kier alpha value is -2.56. The van der Waals surface area contributed by atoms with Crippen LogP contribution in [0.1, 0.15) is 16.1 Å². The molecule has 0 aliphatic heterocycles. The Balaban J connectivity index is 2.29. The maximum absolute atomic E-state index is 12.4. The van der Waals surface area contributed by atoms with Gasteiger partial charge in [-0.25, -0.2) is 0 Å². The van der Waals surface area contributed by atoms with Gasteiger partial charge in [-0.15, -0.1) is 0 Å². The average Bonchev–Trinajstić information content (AvgIpc) is 3.06. The van der Waals surface area contributed by atoms with Gasteiger partial charge in [-0.3, -0.25) is 9.59 Å². The lowest BCUT2D eigenvalue weighted by molar-refractivity contribution is -0.143. The first-order valence-electron chi connectivity index (χ1n) is 6.44. The van der Waals surface area contributed by atoms with Crippen LogP contribution in [0.3, 0.4) is 0 Å². The van der Waals surface area contributed by atoms with Gasteiger partial charge in [0, 0.05) is 0 Å². The highest BCUT2D eigenvalue weighted by molar-refractivity contribution is 6.07. The quantitative estimate of drug-likeness (QED) is 0.464. The molecule has 0 amide bonds. The Bertz CT molecular complexity index is 615. The van der Waals surface area contributed by atoms with Crippen molar-refractivity contribution in [3.05, 3.63) is 54.0 Å². The Morgan fingerprint density at radius 1 is 1.14 bits per heavy atom. The maximum Gasteiger partial charge on any atom is 0.317 e. The maximum atomic E-state index is 12.4. The van der Waals surface area contributed by atoms with Gasteiger partial charge in [0.15, 0.2) is 5.76 Å². The monoisotopic (exact) mass is 288 g/mol. The molecule has 0 radical (unpaired) electrons. The SMILES string of the molecule is COC(=O)C(Cc1ccccc1OC)C(=O)c1ccco1. The minimum atomic E-state index is -0.961. The molecule has 5 nitrogen and oxygen atoms in total. The molecule has 0 aliphatic carbocycles.